The number of pyridine rings is 1. The molecule has 4 nitrogen and oxygen atoms in total. The molecule has 104 valence electrons. The molecule has 5 heteroatoms. The minimum Gasteiger partial charge on any atom is -0.409 e. The highest BCUT2D eigenvalue weighted by Crippen LogP contribution is 2.30. The van der Waals surface area contributed by atoms with E-state index in [0.29, 0.717) is 5.25 Å². The van der Waals surface area contributed by atoms with Crippen LogP contribution in [0.2, 0.25) is 0 Å². The van der Waals surface area contributed by atoms with E-state index in [0.717, 1.165) is 29.9 Å². The second-order valence-corrected chi connectivity index (χ2v) is 6.40. The lowest BCUT2D eigenvalue weighted by molar-refractivity contribution is 0.318. The smallest absolute Gasteiger partial charge is 0.172 e. The first-order valence-electron chi connectivity index (χ1n) is 6.83. The summed E-state index contributed by atoms with van der Waals surface area (Å²) in [6.07, 6.45) is 5.56. The van der Waals surface area contributed by atoms with Crippen LogP contribution < -0.4 is 5.73 Å². The lowest BCUT2D eigenvalue weighted by atomic mass is 9.95. The van der Waals surface area contributed by atoms with Gasteiger partial charge in [0, 0.05) is 10.9 Å². The van der Waals surface area contributed by atoms with Gasteiger partial charge in [0.05, 0.1) is 5.56 Å². The Morgan fingerprint density at radius 3 is 2.95 bits per heavy atom. The number of fused-ring (bicyclic) bond motifs is 1. The molecule has 1 aliphatic rings. The largest absolute Gasteiger partial charge is 0.409 e. The van der Waals surface area contributed by atoms with Crippen LogP contribution in [-0.2, 0) is 12.8 Å². The average molecular weight is 279 g/mol. The SMILES string of the molecule is CCC(C)Sc1nc2c(cc1C(N)=NO)CCCC2. The Morgan fingerprint density at radius 1 is 1.53 bits per heavy atom. The number of thioether (sulfide) groups is 1. The van der Waals surface area contributed by atoms with Crippen LogP contribution in [0, 0.1) is 0 Å². The van der Waals surface area contributed by atoms with Crippen molar-refractivity contribution in [2.24, 2.45) is 10.9 Å². The molecule has 0 saturated carbocycles. The van der Waals surface area contributed by atoms with Crippen LogP contribution in [0.15, 0.2) is 16.2 Å². The first-order valence-corrected chi connectivity index (χ1v) is 7.71. The summed E-state index contributed by atoms with van der Waals surface area (Å²) in [5, 5.41) is 13.4. The Balaban J connectivity index is 2.43. The maximum atomic E-state index is 8.93. The summed E-state index contributed by atoms with van der Waals surface area (Å²) in [5.41, 5.74) is 9.00. The molecule has 1 unspecified atom stereocenters. The van der Waals surface area contributed by atoms with Crippen LogP contribution in [0.25, 0.3) is 0 Å². The molecule has 19 heavy (non-hydrogen) atoms. The third-order valence-electron chi connectivity index (χ3n) is 3.54. The van der Waals surface area contributed by atoms with Gasteiger partial charge in [-0.2, -0.15) is 0 Å². The molecule has 0 aliphatic heterocycles. The molecule has 3 N–H and O–H groups in total. The number of hydrogen-bond acceptors (Lipinski definition) is 4. The van der Waals surface area contributed by atoms with Gasteiger partial charge in [0.15, 0.2) is 5.84 Å². The third-order valence-corrected chi connectivity index (χ3v) is 4.81. The molecular formula is C14H21N3OS. The molecule has 0 saturated heterocycles. The first kappa shape index (κ1) is 14.2. The second-order valence-electron chi connectivity index (χ2n) is 4.98. The highest BCUT2D eigenvalue weighted by Gasteiger charge is 2.18. The summed E-state index contributed by atoms with van der Waals surface area (Å²) < 4.78 is 0. The van der Waals surface area contributed by atoms with Crippen LogP contribution in [0.4, 0.5) is 0 Å². The number of rotatable bonds is 4. The van der Waals surface area contributed by atoms with Crippen LogP contribution in [0.5, 0.6) is 0 Å². The maximum absolute atomic E-state index is 8.93. The molecular weight excluding hydrogens is 258 g/mol. The Labute approximate surface area is 118 Å². The van der Waals surface area contributed by atoms with Gasteiger partial charge in [-0.1, -0.05) is 19.0 Å². The van der Waals surface area contributed by atoms with Gasteiger partial charge < -0.3 is 10.9 Å². The lowest BCUT2D eigenvalue weighted by Gasteiger charge is -2.19. The molecule has 2 rings (SSSR count). The summed E-state index contributed by atoms with van der Waals surface area (Å²) in [4.78, 5) is 4.76. The topological polar surface area (TPSA) is 71.5 Å². The zero-order chi connectivity index (χ0) is 13.8. The van der Waals surface area contributed by atoms with Crippen molar-refractivity contribution >= 4 is 17.6 Å². The van der Waals surface area contributed by atoms with Gasteiger partial charge in [-0.3, -0.25) is 0 Å². The summed E-state index contributed by atoms with van der Waals surface area (Å²) in [6.45, 7) is 4.32. The van der Waals surface area contributed by atoms with Gasteiger partial charge in [0.25, 0.3) is 0 Å². The molecule has 1 aromatic rings. The van der Waals surface area contributed by atoms with Crippen molar-refractivity contribution in [1.82, 2.24) is 4.98 Å². The van der Waals surface area contributed by atoms with Crippen molar-refractivity contribution in [2.45, 2.75) is 56.2 Å². The fourth-order valence-corrected chi connectivity index (χ4v) is 3.22. The third kappa shape index (κ3) is 3.21. The van der Waals surface area contributed by atoms with E-state index in [4.69, 9.17) is 15.9 Å². The van der Waals surface area contributed by atoms with E-state index in [9.17, 15) is 0 Å². The number of amidine groups is 1. The van der Waals surface area contributed by atoms with Gasteiger partial charge in [0.2, 0.25) is 0 Å². The molecule has 1 aromatic heterocycles. The van der Waals surface area contributed by atoms with Crippen molar-refractivity contribution in [3.63, 3.8) is 0 Å². The van der Waals surface area contributed by atoms with Crippen LogP contribution in [0.1, 0.15) is 49.9 Å². The highest BCUT2D eigenvalue weighted by molar-refractivity contribution is 7.99. The zero-order valence-corrected chi connectivity index (χ0v) is 12.3. The van der Waals surface area contributed by atoms with Crippen LogP contribution in [-0.4, -0.2) is 21.3 Å². The van der Waals surface area contributed by atoms with Crippen molar-refractivity contribution in [3.05, 3.63) is 22.9 Å². The van der Waals surface area contributed by atoms with E-state index < -0.39 is 0 Å². The molecule has 1 atom stereocenters. The molecule has 0 bridgehead atoms. The standard InChI is InChI=1S/C14H21N3OS/c1-3-9(2)19-14-11(13(15)17-18)8-10-6-4-5-7-12(10)16-14/h8-9,18H,3-7H2,1-2H3,(H2,15,17). The number of aryl methyl sites for hydroxylation is 2. The number of oxime groups is 1. The van der Waals surface area contributed by atoms with E-state index in [2.05, 4.69) is 25.1 Å². The molecule has 0 aromatic carbocycles. The first-order chi connectivity index (χ1) is 9.15. The fourth-order valence-electron chi connectivity index (χ4n) is 2.22. The summed E-state index contributed by atoms with van der Waals surface area (Å²) in [5.74, 6) is 0.159. The summed E-state index contributed by atoms with van der Waals surface area (Å²) >= 11 is 1.70. The Hall–Kier alpha value is -1.23. The normalized spacial score (nSPS) is 17.1. The monoisotopic (exact) mass is 279 g/mol. The van der Waals surface area contributed by atoms with E-state index in [1.54, 1.807) is 11.8 Å². The van der Waals surface area contributed by atoms with Crippen molar-refractivity contribution < 1.29 is 5.21 Å². The van der Waals surface area contributed by atoms with Crippen LogP contribution >= 0.6 is 11.8 Å². The number of aromatic nitrogens is 1. The molecule has 0 fully saturated rings. The lowest BCUT2D eigenvalue weighted by Crippen LogP contribution is -2.18. The Bertz CT molecular complexity index is 488. The van der Waals surface area contributed by atoms with Gasteiger partial charge >= 0.3 is 0 Å². The van der Waals surface area contributed by atoms with Gasteiger partial charge in [-0.25, -0.2) is 4.98 Å². The van der Waals surface area contributed by atoms with E-state index in [1.165, 1.54) is 24.1 Å². The molecule has 0 amide bonds. The quantitative estimate of drug-likeness (QED) is 0.292. The number of nitrogens with two attached hydrogens (primary N) is 1. The predicted octanol–water partition coefficient (Wildman–Crippen LogP) is 2.95. The predicted molar refractivity (Wildman–Crippen MR) is 79.0 cm³/mol. The number of nitrogens with zero attached hydrogens (tertiary/aromatic N) is 2. The fraction of sp³-hybridized carbons (Fsp3) is 0.571. The van der Waals surface area contributed by atoms with E-state index in [1.807, 2.05) is 0 Å². The minimum atomic E-state index is 0.159. The summed E-state index contributed by atoms with van der Waals surface area (Å²) in [6, 6.07) is 2.06. The van der Waals surface area contributed by atoms with E-state index >= 15 is 0 Å². The zero-order valence-electron chi connectivity index (χ0n) is 11.5. The summed E-state index contributed by atoms with van der Waals surface area (Å²) in [7, 11) is 0. The highest BCUT2D eigenvalue weighted by atomic mass is 32.2. The molecule has 1 heterocycles. The van der Waals surface area contributed by atoms with Crippen molar-refractivity contribution in [3.8, 4) is 0 Å². The molecule has 1 aliphatic carbocycles. The van der Waals surface area contributed by atoms with Gasteiger partial charge in [-0.05, 0) is 43.7 Å². The number of hydrogen-bond donors (Lipinski definition) is 2. The second kappa shape index (κ2) is 6.28. The maximum Gasteiger partial charge on any atom is 0.172 e. The van der Waals surface area contributed by atoms with Crippen molar-refractivity contribution in [1.29, 1.82) is 0 Å². The Kier molecular flexibility index (Phi) is 4.69. The van der Waals surface area contributed by atoms with Gasteiger partial charge in [0.1, 0.15) is 5.03 Å². The Morgan fingerprint density at radius 2 is 2.26 bits per heavy atom. The molecule has 0 radical (unpaired) electrons. The van der Waals surface area contributed by atoms with Crippen molar-refractivity contribution in [2.75, 3.05) is 0 Å². The average Bonchev–Trinajstić information content (AvgIpc) is 2.45. The van der Waals surface area contributed by atoms with Gasteiger partial charge in [-0.15, -0.1) is 11.8 Å². The van der Waals surface area contributed by atoms with E-state index in [-0.39, 0.29) is 5.84 Å². The minimum absolute atomic E-state index is 0.159. The van der Waals surface area contributed by atoms with Crippen LogP contribution in [0.3, 0.4) is 0 Å². The molecule has 0 spiro atoms.